The Morgan fingerprint density at radius 2 is 1.96 bits per heavy atom. The van der Waals surface area contributed by atoms with Crippen molar-refractivity contribution in [1.82, 2.24) is 14.8 Å². The molecule has 1 aromatic heterocycles. The van der Waals surface area contributed by atoms with E-state index in [1.807, 2.05) is 10.6 Å². The molecule has 0 saturated carbocycles. The number of fused-ring (bicyclic) bond motifs is 1. The number of nitrogens with zero attached hydrogens (tertiary/aromatic N) is 5. The van der Waals surface area contributed by atoms with Crippen LogP contribution in [0.2, 0.25) is 0 Å². The predicted molar refractivity (Wildman–Crippen MR) is 86.5 cm³/mol. The molecule has 3 rings (SSSR count). The smallest absolute Gasteiger partial charge is 0.406 e. The number of hydrogen-bond donors (Lipinski definition) is 1. The van der Waals surface area contributed by atoms with Gasteiger partial charge >= 0.3 is 6.36 Å². The van der Waals surface area contributed by atoms with Gasteiger partial charge in [0.25, 0.3) is 0 Å². The van der Waals surface area contributed by atoms with Crippen LogP contribution in [0, 0.1) is 11.3 Å². The molecule has 1 aromatic carbocycles. The number of nitrogens with one attached hydrogen (secondary N) is 1. The summed E-state index contributed by atoms with van der Waals surface area (Å²) in [6, 6.07) is 7.01. The molecule has 0 saturated heterocycles. The molecule has 0 atom stereocenters. The SMILES string of the molecule is N#CC(=NNc1ccc(OC(F)(F)F)cc1)c1nnc2n1CCCCC2. The lowest BCUT2D eigenvalue weighted by Gasteiger charge is -2.09. The minimum atomic E-state index is -4.74. The van der Waals surface area contributed by atoms with E-state index in [4.69, 9.17) is 0 Å². The number of alkyl halides is 3. The highest BCUT2D eigenvalue weighted by Crippen LogP contribution is 2.24. The number of aryl methyl sites for hydroxylation is 1. The van der Waals surface area contributed by atoms with E-state index in [0.29, 0.717) is 11.5 Å². The van der Waals surface area contributed by atoms with Gasteiger partial charge in [0.1, 0.15) is 17.6 Å². The van der Waals surface area contributed by atoms with E-state index in [1.54, 1.807) is 0 Å². The number of ether oxygens (including phenoxy) is 1. The number of anilines is 1. The molecule has 0 amide bonds. The van der Waals surface area contributed by atoms with Gasteiger partial charge in [-0.2, -0.15) is 10.4 Å². The topological polar surface area (TPSA) is 88.1 Å². The fourth-order valence-electron chi connectivity index (χ4n) is 2.64. The highest BCUT2D eigenvalue weighted by molar-refractivity contribution is 6.09. The molecule has 26 heavy (non-hydrogen) atoms. The molecule has 136 valence electrons. The maximum absolute atomic E-state index is 12.2. The van der Waals surface area contributed by atoms with Crippen LogP contribution in [0.3, 0.4) is 0 Å². The summed E-state index contributed by atoms with van der Waals surface area (Å²) in [6.45, 7) is 0.724. The summed E-state index contributed by atoms with van der Waals surface area (Å²) < 4.78 is 42.1. The fourth-order valence-corrected chi connectivity index (χ4v) is 2.64. The van der Waals surface area contributed by atoms with Crippen molar-refractivity contribution in [3.8, 4) is 11.8 Å². The summed E-state index contributed by atoms with van der Waals surface area (Å²) in [5.41, 5.74) is 3.11. The second-order valence-corrected chi connectivity index (χ2v) is 5.66. The zero-order valence-corrected chi connectivity index (χ0v) is 13.6. The van der Waals surface area contributed by atoms with Gasteiger partial charge in [0.05, 0.1) is 5.69 Å². The van der Waals surface area contributed by atoms with E-state index in [1.165, 1.54) is 12.1 Å². The quantitative estimate of drug-likeness (QED) is 0.665. The average molecular weight is 364 g/mol. The van der Waals surface area contributed by atoms with Gasteiger partial charge in [-0.05, 0) is 37.1 Å². The van der Waals surface area contributed by atoms with E-state index in [9.17, 15) is 18.4 Å². The molecule has 0 radical (unpaired) electrons. The fraction of sp³-hybridized carbons (Fsp3) is 0.375. The second-order valence-electron chi connectivity index (χ2n) is 5.66. The Bertz CT molecular complexity index is 835. The van der Waals surface area contributed by atoms with Crippen LogP contribution in [0.15, 0.2) is 29.4 Å². The predicted octanol–water partition coefficient (Wildman–Crippen LogP) is 3.24. The van der Waals surface area contributed by atoms with Crippen molar-refractivity contribution in [2.45, 2.75) is 38.6 Å². The number of benzene rings is 1. The maximum Gasteiger partial charge on any atom is 0.573 e. The standard InChI is InChI=1S/C16H15F3N6O/c17-16(18,19)26-12-7-5-11(6-8-12)21-22-13(10-20)15-24-23-14-4-2-1-3-9-25(14)15/h5-8,21H,1-4,9H2. The number of rotatable bonds is 4. The Morgan fingerprint density at radius 1 is 1.19 bits per heavy atom. The third kappa shape index (κ3) is 4.30. The van der Waals surface area contributed by atoms with E-state index in [-0.39, 0.29) is 11.5 Å². The Labute approximate surface area is 147 Å². The highest BCUT2D eigenvalue weighted by atomic mass is 19.4. The van der Waals surface area contributed by atoms with Crippen LogP contribution in [0.4, 0.5) is 18.9 Å². The second kappa shape index (κ2) is 7.43. The molecule has 2 heterocycles. The molecule has 1 aliphatic rings. The summed E-state index contributed by atoms with van der Waals surface area (Å²) >= 11 is 0. The molecular weight excluding hydrogens is 349 g/mol. The Morgan fingerprint density at radius 3 is 2.65 bits per heavy atom. The van der Waals surface area contributed by atoms with Crippen LogP contribution in [0.25, 0.3) is 0 Å². The summed E-state index contributed by atoms with van der Waals surface area (Å²) in [6.07, 6.45) is -0.842. The molecule has 1 aliphatic heterocycles. The molecule has 2 aromatic rings. The molecule has 0 aliphatic carbocycles. The monoisotopic (exact) mass is 364 g/mol. The van der Waals surface area contributed by atoms with Crippen molar-refractivity contribution < 1.29 is 17.9 Å². The van der Waals surface area contributed by atoms with E-state index < -0.39 is 6.36 Å². The van der Waals surface area contributed by atoms with Crippen molar-refractivity contribution in [1.29, 1.82) is 5.26 Å². The summed E-state index contributed by atoms with van der Waals surface area (Å²) in [5.74, 6) is 0.873. The minimum Gasteiger partial charge on any atom is -0.406 e. The molecule has 0 unspecified atom stereocenters. The van der Waals surface area contributed by atoms with Crippen LogP contribution in [-0.4, -0.2) is 26.8 Å². The first-order chi connectivity index (χ1) is 12.5. The Hall–Kier alpha value is -3.09. The Kier molecular flexibility index (Phi) is 5.06. The van der Waals surface area contributed by atoms with Gasteiger partial charge < -0.3 is 9.30 Å². The minimum absolute atomic E-state index is 0.0567. The largest absolute Gasteiger partial charge is 0.573 e. The number of hydrogen-bond acceptors (Lipinski definition) is 6. The van der Waals surface area contributed by atoms with Crippen LogP contribution >= 0.6 is 0 Å². The zero-order chi connectivity index (χ0) is 18.6. The lowest BCUT2D eigenvalue weighted by Crippen LogP contribution is -2.17. The van der Waals surface area contributed by atoms with Crippen molar-refractivity contribution in [3.05, 3.63) is 35.9 Å². The van der Waals surface area contributed by atoms with Crippen molar-refractivity contribution in [3.63, 3.8) is 0 Å². The van der Waals surface area contributed by atoms with Gasteiger partial charge in [-0.3, -0.25) is 5.43 Å². The van der Waals surface area contributed by atoms with Crippen LogP contribution < -0.4 is 10.2 Å². The van der Waals surface area contributed by atoms with Crippen LogP contribution in [0.1, 0.15) is 30.9 Å². The lowest BCUT2D eigenvalue weighted by molar-refractivity contribution is -0.274. The van der Waals surface area contributed by atoms with Gasteiger partial charge in [0.15, 0.2) is 5.82 Å². The molecule has 7 nitrogen and oxygen atoms in total. The maximum atomic E-state index is 12.2. The summed E-state index contributed by atoms with van der Waals surface area (Å²) in [5, 5.41) is 21.6. The molecule has 0 bridgehead atoms. The molecule has 10 heteroatoms. The zero-order valence-electron chi connectivity index (χ0n) is 13.6. The van der Waals surface area contributed by atoms with Crippen LogP contribution in [-0.2, 0) is 13.0 Å². The van der Waals surface area contributed by atoms with Gasteiger partial charge in [0, 0.05) is 13.0 Å². The number of halogens is 3. The van der Waals surface area contributed by atoms with Gasteiger partial charge in [-0.1, -0.05) is 6.42 Å². The van der Waals surface area contributed by atoms with Crippen molar-refractivity contribution >= 4 is 11.4 Å². The van der Waals surface area contributed by atoms with Crippen molar-refractivity contribution in [2.75, 3.05) is 5.43 Å². The molecule has 0 fully saturated rings. The van der Waals surface area contributed by atoms with E-state index >= 15 is 0 Å². The average Bonchev–Trinajstić information content (AvgIpc) is 2.84. The van der Waals surface area contributed by atoms with Gasteiger partial charge in [-0.15, -0.1) is 23.4 Å². The Balaban J connectivity index is 1.75. The van der Waals surface area contributed by atoms with E-state index in [2.05, 4.69) is 25.5 Å². The third-order valence-electron chi connectivity index (χ3n) is 3.81. The van der Waals surface area contributed by atoms with E-state index in [0.717, 1.165) is 50.2 Å². The third-order valence-corrected chi connectivity index (χ3v) is 3.81. The van der Waals surface area contributed by atoms with Crippen molar-refractivity contribution in [2.24, 2.45) is 5.10 Å². The molecular formula is C16H15F3N6O. The number of hydrazone groups is 1. The first kappa shape index (κ1) is 17.7. The lowest BCUT2D eigenvalue weighted by atomic mass is 10.2. The van der Waals surface area contributed by atoms with Crippen LogP contribution in [0.5, 0.6) is 5.75 Å². The number of nitriles is 1. The highest BCUT2D eigenvalue weighted by Gasteiger charge is 2.30. The first-order valence-electron chi connectivity index (χ1n) is 7.98. The molecule has 0 spiro atoms. The number of aromatic nitrogens is 3. The van der Waals surface area contributed by atoms with Gasteiger partial charge in [-0.25, -0.2) is 0 Å². The first-order valence-corrected chi connectivity index (χ1v) is 7.98. The van der Waals surface area contributed by atoms with Gasteiger partial charge in [0.2, 0.25) is 5.71 Å². The summed E-state index contributed by atoms with van der Waals surface area (Å²) in [7, 11) is 0. The summed E-state index contributed by atoms with van der Waals surface area (Å²) in [4.78, 5) is 0. The molecule has 1 N–H and O–H groups in total. The normalized spacial score (nSPS) is 14.9.